The summed E-state index contributed by atoms with van der Waals surface area (Å²) in [5, 5.41) is 11.8. The third kappa shape index (κ3) is 7.65. The SMILES string of the molecule is COc1cc(-c2ccc(C3CCc4ccc([C@H](C5CC5)[C@H](C)C(=O)[O-])cc4O3)cc2CN(C(C)C)C(C)(C)C)ccn1.[Na+]. The predicted molar refractivity (Wildman–Crippen MR) is 164 cm³/mol. The van der Waals surface area contributed by atoms with Crippen LogP contribution in [0.1, 0.15) is 95.1 Å². The zero-order valence-corrected chi connectivity index (χ0v) is 29.1. The van der Waals surface area contributed by atoms with Crippen LogP contribution in [0.15, 0.2) is 54.7 Å². The molecule has 1 aromatic heterocycles. The van der Waals surface area contributed by atoms with Crippen LogP contribution in [-0.4, -0.2) is 34.5 Å². The van der Waals surface area contributed by atoms with E-state index in [0.29, 0.717) is 17.8 Å². The molecule has 3 atom stereocenters. The van der Waals surface area contributed by atoms with E-state index in [2.05, 4.69) is 80.9 Å². The van der Waals surface area contributed by atoms with Crippen LogP contribution in [-0.2, 0) is 17.8 Å². The third-order valence-electron chi connectivity index (χ3n) is 9.04. The van der Waals surface area contributed by atoms with E-state index in [1.54, 1.807) is 20.2 Å². The van der Waals surface area contributed by atoms with Crippen LogP contribution in [0.25, 0.3) is 11.1 Å². The van der Waals surface area contributed by atoms with Gasteiger partial charge in [-0.3, -0.25) is 4.90 Å². The average molecular weight is 593 g/mol. The molecule has 0 radical (unpaired) electrons. The number of carboxylic acids is 1. The third-order valence-corrected chi connectivity index (χ3v) is 9.04. The minimum Gasteiger partial charge on any atom is -0.550 e. The topological polar surface area (TPSA) is 74.7 Å². The second kappa shape index (κ2) is 13.7. The molecule has 2 aliphatic rings. The minimum atomic E-state index is -0.978. The van der Waals surface area contributed by atoms with Gasteiger partial charge >= 0.3 is 29.6 Å². The van der Waals surface area contributed by atoms with E-state index in [-0.39, 0.29) is 47.1 Å². The Morgan fingerprint density at radius 3 is 2.44 bits per heavy atom. The van der Waals surface area contributed by atoms with Gasteiger partial charge in [0.15, 0.2) is 0 Å². The largest absolute Gasteiger partial charge is 1.00 e. The Balaban J connectivity index is 0.00000423. The molecule has 1 saturated carbocycles. The second-order valence-corrected chi connectivity index (χ2v) is 13.4. The van der Waals surface area contributed by atoms with Crippen LogP contribution < -0.4 is 44.1 Å². The Kier molecular flexibility index (Phi) is 10.7. The van der Waals surface area contributed by atoms with Crippen molar-refractivity contribution in [2.45, 2.75) is 97.4 Å². The molecular formula is C36H45N2NaO4. The van der Waals surface area contributed by atoms with Crippen LogP contribution in [0.2, 0.25) is 0 Å². The maximum Gasteiger partial charge on any atom is 1.00 e. The number of ether oxygens (including phenoxy) is 2. The summed E-state index contributed by atoms with van der Waals surface area (Å²) in [6, 6.07) is 17.4. The Morgan fingerprint density at radius 1 is 1.07 bits per heavy atom. The van der Waals surface area contributed by atoms with Gasteiger partial charge in [0.05, 0.1) is 7.11 Å². The molecule has 2 aromatic carbocycles. The fourth-order valence-corrected chi connectivity index (χ4v) is 6.69. The Bertz CT molecular complexity index is 1430. The van der Waals surface area contributed by atoms with Crippen LogP contribution in [0, 0.1) is 11.8 Å². The monoisotopic (exact) mass is 592 g/mol. The quantitative estimate of drug-likeness (QED) is 0.334. The van der Waals surface area contributed by atoms with Crippen molar-refractivity contribution >= 4 is 5.97 Å². The van der Waals surface area contributed by atoms with E-state index >= 15 is 0 Å². The number of aliphatic carboxylic acids is 1. The summed E-state index contributed by atoms with van der Waals surface area (Å²) < 4.78 is 12.1. The van der Waals surface area contributed by atoms with Gasteiger partial charge in [-0.1, -0.05) is 37.3 Å². The molecule has 43 heavy (non-hydrogen) atoms. The molecule has 1 fully saturated rings. The van der Waals surface area contributed by atoms with Crippen molar-refractivity contribution in [1.29, 1.82) is 0 Å². The van der Waals surface area contributed by atoms with Crippen molar-refractivity contribution in [3.8, 4) is 22.8 Å². The molecule has 1 aliphatic heterocycles. The first-order valence-corrected chi connectivity index (χ1v) is 15.4. The first-order chi connectivity index (χ1) is 20.0. The number of carbonyl (C=O) groups is 1. The zero-order chi connectivity index (χ0) is 30.2. The molecule has 7 heteroatoms. The van der Waals surface area contributed by atoms with Gasteiger partial charge in [-0.05, 0) is 118 Å². The fraction of sp³-hybridized carbons (Fsp3) is 0.500. The zero-order valence-electron chi connectivity index (χ0n) is 27.1. The number of aryl methyl sites for hydroxylation is 1. The van der Waals surface area contributed by atoms with E-state index in [1.165, 1.54) is 11.1 Å². The van der Waals surface area contributed by atoms with E-state index in [4.69, 9.17) is 9.47 Å². The van der Waals surface area contributed by atoms with Gasteiger partial charge < -0.3 is 19.4 Å². The van der Waals surface area contributed by atoms with Gasteiger partial charge in [-0.2, -0.15) is 0 Å². The standard InChI is InChI=1S/C36H46N2O4.Na/c1-22(2)38(36(4,5)6)21-29-18-27(12-14-30(29)26-16-17-37-33(20-26)41-7)31-15-13-24-8-11-28(19-32(24)42-31)34(25-9-10-25)23(3)35(39)40;/h8,11-12,14,16-20,22-23,25,31,34H,9-10,13,15,21H2,1-7H3,(H,39,40);/q;+1/p-1/t23-,31?,34-;/m0./s1. The maximum atomic E-state index is 11.8. The summed E-state index contributed by atoms with van der Waals surface area (Å²) >= 11 is 0. The number of methoxy groups -OCH3 is 1. The second-order valence-electron chi connectivity index (χ2n) is 13.4. The summed E-state index contributed by atoms with van der Waals surface area (Å²) in [7, 11) is 1.64. The maximum absolute atomic E-state index is 11.8. The first-order valence-electron chi connectivity index (χ1n) is 15.4. The molecule has 0 saturated heterocycles. The number of carboxylic acid groups (broad SMARTS) is 1. The number of aromatic nitrogens is 1. The minimum absolute atomic E-state index is 0. The molecule has 0 bridgehead atoms. The number of rotatable bonds is 10. The number of hydrogen-bond acceptors (Lipinski definition) is 6. The van der Waals surface area contributed by atoms with E-state index in [0.717, 1.165) is 60.2 Å². The molecule has 6 nitrogen and oxygen atoms in total. The Hall–Kier alpha value is -2.38. The van der Waals surface area contributed by atoms with Crippen molar-refractivity contribution in [3.63, 3.8) is 0 Å². The average Bonchev–Trinajstić information content (AvgIpc) is 3.80. The first kappa shape index (κ1) is 33.5. The van der Waals surface area contributed by atoms with Crippen molar-refractivity contribution in [1.82, 2.24) is 9.88 Å². The van der Waals surface area contributed by atoms with E-state index in [9.17, 15) is 9.90 Å². The Morgan fingerprint density at radius 2 is 1.81 bits per heavy atom. The number of benzene rings is 2. The van der Waals surface area contributed by atoms with Gasteiger partial charge in [0.1, 0.15) is 11.9 Å². The van der Waals surface area contributed by atoms with Gasteiger partial charge in [0.25, 0.3) is 0 Å². The van der Waals surface area contributed by atoms with Crippen LogP contribution in [0.4, 0.5) is 0 Å². The molecular weight excluding hydrogens is 547 g/mol. The fourth-order valence-electron chi connectivity index (χ4n) is 6.69. The number of fused-ring (bicyclic) bond motifs is 1. The van der Waals surface area contributed by atoms with Crippen LogP contribution in [0.3, 0.4) is 0 Å². The molecule has 2 heterocycles. The van der Waals surface area contributed by atoms with Crippen molar-refractivity contribution in [3.05, 3.63) is 77.0 Å². The van der Waals surface area contributed by atoms with Gasteiger partial charge in [-0.25, -0.2) is 4.98 Å². The molecule has 0 amide bonds. The van der Waals surface area contributed by atoms with Crippen LogP contribution >= 0.6 is 0 Å². The normalized spacial score (nSPS) is 17.9. The summed E-state index contributed by atoms with van der Waals surface area (Å²) in [4.78, 5) is 18.6. The summed E-state index contributed by atoms with van der Waals surface area (Å²) in [5.74, 6) is 0.343. The predicted octanol–water partition coefficient (Wildman–Crippen LogP) is 3.72. The summed E-state index contributed by atoms with van der Waals surface area (Å²) in [5.41, 5.74) is 6.87. The van der Waals surface area contributed by atoms with Crippen molar-refractivity contribution in [2.75, 3.05) is 7.11 Å². The van der Waals surface area contributed by atoms with Gasteiger partial charge in [0.2, 0.25) is 5.88 Å². The number of pyridine rings is 1. The number of nitrogens with zero attached hydrogens (tertiary/aromatic N) is 2. The molecule has 0 spiro atoms. The Labute approximate surface area is 279 Å². The molecule has 1 unspecified atom stereocenters. The van der Waals surface area contributed by atoms with Crippen LogP contribution in [0.5, 0.6) is 11.6 Å². The summed E-state index contributed by atoms with van der Waals surface area (Å²) in [6.07, 6.45) is 5.68. The van der Waals surface area contributed by atoms with Crippen molar-refractivity contribution < 1.29 is 48.9 Å². The van der Waals surface area contributed by atoms with Gasteiger partial charge in [-0.15, -0.1) is 0 Å². The molecule has 3 aromatic rings. The van der Waals surface area contributed by atoms with Crippen molar-refractivity contribution in [2.24, 2.45) is 11.8 Å². The summed E-state index contributed by atoms with van der Waals surface area (Å²) in [6.45, 7) is 13.9. The van der Waals surface area contributed by atoms with E-state index < -0.39 is 11.9 Å². The smallest absolute Gasteiger partial charge is 0.550 e. The number of hydrogen-bond donors (Lipinski definition) is 0. The van der Waals surface area contributed by atoms with E-state index in [1.807, 2.05) is 12.1 Å². The molecule has 1 aliphatic carbocycles. The molecule has 5 rings (SSSR count). The molecule has 224 valence electrons. The molecule has 0 N–H and O–H groups in total. The number of carbonyl (C=O) groups excluding carboxylic acids is 1. The van der Waals surface area contributed by atoms with Gasteiger partial charge in [0, 0.05) is 42.3 Å².